The first-order chi connectivity index (χ1) is 14.7. The number of nitrogens with one attached hydrogen (secondary N) is 1. The number of hydrogen-bond donors (Lipinski definition) is 1. The summed E-state index contributed by atoms with van der Waals surface area (Å²) in [5, 5.41) is 6.29. The highest BCUT2D eigenvalue weighted by molar-refractivity contribution is 6.13. The first-order valence-electron chi connectivity index (χ1n) is 10.5. The third-order valence-electron chi connectivity index (χ3n) is 6.51. The van der Waals surface area contributed by atoms with Crippen LogP contribution in [0.2, 0.25) is 0 Å². The van der Waals surface area contributed by atoms with Gasteiger partial charge in [0, 0.05) is 16.9 Å². The Kier molecular flexibility index (Phi) is 3.72. The molecule has 0 aromatic heterocycles. The minimum atomic E-state index is -0.265. The standard InChI is InChI=1S/C27H22N2O/c1-17-7-2-5-12-24(17)29-26(28-23-11-4-3-9-22(23)27(29)30)21-16-15-19-14-13-18-8-6-10-20(21)25(18)19/h2-12,15-16,26,28H,13-14H2,1H3/t26-/m0/s1. The summed E-state index contributed by atoms with van der Waals surface area (Å²) >= 11 is 0. The molecule has 3 heteroatoms. The quantitative estimate of drug-likeness (QED) is 0.454. The van der Waals surface area contributed by atoms with Gasteiger partial charge in [-0.1, -0.05) is 60.7 Å². The molecule has 0 radical (unpaired) electrons. The topological polar surface area (TPSA) is 32.3 Å². The summed E-state index contributed by atoms with van der Waals surface area (Å²) in [6.45, 7) is 2.06. The Morgan fingerprint density at radius 3 is 2.47 bits per heavy atom. The molecule has 6 rings (SSSR count). The zero-order valence-electron chi connectivity index (χ0n) is 16.9. The third-order valence-corrected chi connectivity index (χ3v) is 6.51. The highest BCUT2D eigenvalue weighted by atomic mass is 16.2. The Hall–Kier alpha value is -3.59. The van der Waals surface area contributed by atoms with E-state index in [2.05, 4.69) is 48.6 Å². The van der Waals surface area contributed by atoms with Gasteiger partial charge in [-0.2, -0.15) is 0 Å². The molecular formula is C27H22N2O. The van der Waals surface area contributed by atoms with E-state index >= 15 is 0 Å². The Balaban J connectivity index is 1.61. The van der Waals surface area contributed by atoms with Gasteiger partial charge < -0.3 is 5.32 Å². The molecule has 1 amide bonds. The maximum Gasteiger partial charge on any atom is 0.262 e. The van der Waals surface area contributed by atoms with Gasteiger partial charge in [0.15, 0.2) is 0 Å². The smallest absolute Gasteiger partial charge is 0.262 e. The lowest BCUT2D eigenvalue weighted by Crippen LogP contribution is -2.43. The van der Waals surface area contributed by atoms with E-state index in [1.54, 1.807) is 0 Å². The number of benzene rings is 4. The number of anilines is 2. The number of aryl methyl sites for hydroxylation is 3. The largest absolute Gasteiger partial charge is 0.360 e. The fourth-order valence-corrected chi connectivity index (χ4v) is 5.06. The zero-order valence-corrected chi connectivity index (χ0v) is 16.9. The molecule has 1 aliphatic heterocycles. The maximum absolute atomic E-state index is 13.7. The highest BCUT2D eigenvalue weighted by Gasteiger charge is 2.35. The van der Waals surface area contributed by atoms with Crippen LogP contribution in [-0.2, 0) is 12.8 Å². The average Bonchev–Trinajstić information content (AvgIpc) is 3.20. The molecule has 3 nitrogen and oxygen atoms in total. The van der Waals surface area contributed by atoms with Crippen LogP contribution in [0.15, 0.2) is 78.9 Å². The number of para-hydroxylation sites is 2. The van der Waals surface area contributed by atoms with Crippen molar-refractivity contribution in [3.63, 3.8) is 0 Å². The molecule has 4 aromatic carbocycles. The van der Waals surface area contributed by atoms with Crippen LogP contribution in [0.1, 0.15) is 38.8 Å². The monoisotopic (exact) mass is 390 g/mol. The predicted octanol–water partition coefficient (Wildman–Crippen LogP) is 6.02. The molecule has 0 unspecified atom stereocenters. The summed E-state index contributed by atoms with van der Waals surface area (Å²) in [6.07, 6.45) is 1.92. The van der Waals surface area contributed by atoms with Crippen molar-refractivity contribution >= 4 is 28.1 Å². The van der Waals surface area contributed by atoms with Crippen molar-refractivity contribution in [2.24, 2.45) is 0 Å². The molecule has 1 atom stereocenters. The van der Waals surface area contributed by atoms with Gasteiger partial charge in [-0.05, 0) is 65.4 Å². The van der Waals surface area contributed by atoms with Crippen molar-refractivity contribution in [1.82, 2.24) is 0 Å². The Morgan fingerprint density at radius 2 is 1.60 bits per heavy atom. The summed E-state index contributed by atoms with van der Waals surface area (Å²) < 4.78 is 0. The van der Waals surface area contributed by atoms with Gasteiger partial charge in [-0.15, -0.1) is 0 Å². The van der Waals surface area contributed by atoms with E-state index in [0.717, 1.165) is 35.3 Å². The average molecular weight is 390 g/mol. The molecule has 1 heterocycles. The molecule has 30 heavy (non-hydrogen) atoms. The Morgan fingerprint density at radius 1 is 0.833 bits per heavy atom. The van der Waals surface area contributed by atoms with Crippen molar-refractivity contribution in [2.45, 2.75) is 25.9 Å². The highest BCUT2D eigenvalue weighted by Crippen LogP contribution is 2.42. The van der Waals surface area contributed by atoms with Gasteiger partial charge in [0.25, 0.3) is 5.91 Å². The second-order valence-corrected chi connectivity index (χ2v) is 8.21. The van der Waals surface area contributed by atoms with Crippen LogP contribution < -0.4 is 10.2 Å². The molecule has 0 fully saturated rings. The molecular weight excluding hydrogens is 368 g/mol. The summed E-state index contributed by atoms with van der Waals surface area (Å²) in [6, 6.07) is 27.0. The van der Waals surface area contributed by atoms with E-state index < -0.39 is 0 Å². The third kappa shape index (κ3) is 2.42. The number of carbonyl (C=O) groups is 1. The van der Waals surface area contributed by atoms with Gasteiger partial charge in [0.05, 0.1) is 5.56 Å². The molecule has 1 N–H and O–H groups in total. The Labute approximate surface area is 176 Å². The minimum absolute atomic E-state index is 0.0342. The lowest BCUT2D eigenvalue weighted by molar-refractivity contribution is 0.0975. The van der Waals surface area contributed by atoms with Crippen molar-refractivity contribution in [1.29, 1.82) is 0 Å². The SMILES string of the molecule is Cc1ccccc1N1C(=O)c2ccccc2N[C@@H]1c1ccc2c3c(cccc13)CC2. The van der Waals surface area contributed by atoms with Gasteiger partial charge in [-0.3, -0.25) is 9.69 Å². The van der Waals surface area contributed by atoms with E-state index in [9.17, 15) is 4.79 Å². The van der Waals surface area contributed by atoms with Crippen LogP contribution in [0.25, 0.3) is 10.8 Å². The molecule has 0 spiro atoms. The second-order valence-electron chi connectivity index (χ2n) is 8.21. The number of rotatable bonds is 2. The molecule has 1 aliphatic carbocycles. The lowest BCUT2D eigenvalue weighted by atomic mass is 9.95. The van der Waals surface area contributed by atoms with E-state index in [-0.39, 0.29) is 12.1 Å². The van der Waals surface area contributed by atoms with E-state index in [1.165, 1.54) is 21.9 Å². The van der Waals surface area contributed by atoms with Crippen molar-refractivity contribution in [3.05, 3.63) is 107 Å². The maximum atomic E-state index is 13.7. The fourth-order valence-electron chi connectivity index (χ4n) is 5.06. The van der Waals surface area contributed by atoms with Crippen molar-refractivity contribution in [2.75, 3.05) is 10.2 Å². The van der Waals surface area contributed by atoms with E-state index in [0.29, 0.717) is 5.56 Å². The number of carbonyl (C=O) groups excluding carboxylic acids is 1. The van der Waals surface area contributed by atoms with Gasteiger partial charge in [-0.25, -0.2) is 0 Å². The van der Waals surface area contributed by atoms with Crippen LogP contribution in [0.4, 0.5) is 11.4 Å². The minimum Gasteiger partial charge on any atom is -0.360 e. The van der Waals surface area contributed by atoms with Crippen LogP contribution in [-0.4, -0.2) is 5.91 Å². The number of nitrogens with zero attached hydrogens (tertiary/aromatic N) is 1. The first-order valence-corrected chi connectivity index (χ1v) is 10.5. The number of amides is 1. The molecule has 0 saturated heterocycles. The van der Waals surface area contributed by atoms with Crippen LogP contribution in [0.5, 0.6) is 0 Å². The van der Waals surface area contributed by atoms with E-state index in [4.69, 9.17) is 0 Å². The van der Waals surface area contributed by atoms with Crippen LogP contribution in [0, 0.1) is 6.92 Å². The summed E-state index contributed by atoms with van der Waals surface area (Å²) in [5.74, 6) is 0.0342. The van der Waals surface area contributed by atoms with E-state index in [1.807, 2.05) is 47.4 Å². The van der Waals surface area contributed by atoms with Crippen LogP contribution in [0.3, 0.4) is 0 Å². The molecule has 0 saturated carbocycles. The zero-order chi connectivity index (χ0) is 20.2. The van der Waals surface area contributed by atoms with Crippen molar-refractivity contribution in [3.8, 4) is 0 Å². The Bertz CT molecular complexity index is 1310. The number of fused-ring (bicyclic) bond motifs is 1. The summed E-state index contributed by atoms with van der Waals surface area (Å²) in [7, 11) is 0. The molecule has 2 aliphatic rings. The molecule has 146 valence electrons. The van der Waals surface area contributed by atoms with Crippen molar-refractivity contribution < 1.29 is 4.79 Å². The van der Waals surface area contributed by atoms with Gasteiger partial charge in [0.1, 0.15) is 6.17 Å². The molecule has 0 bridgehead atoms. The van der Waals surface area contributed by atoms with Gasteiger partial charge >= 0.3 is 0 Å². The first kappa shape index (κ1) is 17.3. The predicted molar refractivity (Wildman–Crippen MR) is 122 cm³/mol. The molecule has 4 aromatic rings. The fraction of sp³-hybridized carbons (Fsp3) is 0.148. The lowest BCUT2D eigenvalue weighted by Gasteiger charge is -2.39. The summed E-state index contributed by atoms with van der Waals surface area (Å²) in [4.78, 5) is 15.6. The summed E-state index contributed by atoms with van der Waals surface area (Å²) in [5.41, 5.74) is 7.59. The van der Waals surface area contributed by atoms with Gasteiger partial charge in [0.2, 0.25) is 0 Å². The van der Waals surface area contributed by atoms with Crippen LogP contribution >= 0.6 is 0 Å². The second kappa shape index (κ2) is 6.46. The number of hydrogen-bond acceptors (Lipinski definition) is 2. The normalized spacial score (nSPS) is 17.2.